The van der Waals surface area contributed by atoms with Crippen molar-refractivity contribution in [2.24, 2.45) is 0 Å². The molecule has 0 radical (unpaired) electrons. The van der Waals surface area contributed by atoms with E-state index in [4.69, 9.17) is 4.74 Å². The third kappa shape index (κ3) is 2.91. The van der Waals surface area contributed by atoms with Gasteiger partial charge in [0.2, 0.25) is 0 Å². The zero-order valence-electron chi connectivity index (χ0n) is 14.0. The normalized spacial score (nSPS) is 10.8. The highest BCUT2D eigenvalue weighted by Gasteiger charge is 2.14. The first-order chi connectivity index (χ1) is 12.8. The van der Waals surface area contributed by atoms with Gasteiger partial charge < -0.3 is 10.1 Å². The molecule has 1 heterocycles. The average molecular weight is 343 g/mol. The molecule has 4 rings (SSSR count). The van der Waals surface area contributed by atoms with E-state index in [1.54, 1.807) is 6.08 Å². The van der Waals surface area contributed by atoms with E-state index in [9.17, 15) is 4.79 Å². The second kappa shape index (κ2) is 6.72. The minimum atomic E-state index is -0.192. The molecular weight excluding hydrogens is 326 g/mol. The van der Waals surface area contributed by atoms with E-state index in [2.05, 4.69) is 22.1 Å². The third-order valence-electron chi connectivity index (χ3n) is 4.17. The minimum Gasteiger partial charge on any atom is -0.489 e. The number of benzene rings is 3. The lowest BCUT2D eigenvalue weighted by Gasteiger charge is -2.07. The van der Waals surface area contributed by atoms with Crippen molar-refractivity contribution in [3.8, 4) is 5.75 Å². The van der Waals surface area contributed by atoms with Crippen LogP contribution in [-0.2, 0) is 0 Å². The van der Waals surface area contributed by atoms with Gasteiger partial charge in [-0.15, -0.1) is 0 Å². The molecule has 0 atom stereocenters. The molecule has 0 aliphatic heterocycles. The number of nitrogens with zero attached hydrogens (tertiary/aromatic N) is 1. The summed E-state index contributed by atoms with van der Waals surface area (Å²) in [5.74, 6) is 1.02. The predicted octanol–water partition coefficient (Wildman–Crippen LogP) is 4.53. The summed E-state index contributed by atoms with van der Waals surface area (Å²) in [6, 6.07) is 19.0. The molecule has 0 saturated carbocycles. The number of rotatable bonds is 5. The standard InChI is InChI=1S/C21H17N3O2/c1-2-12-26-15-10-11-18-19(13-15)23-24-20(18)22-21(25)17-9-5-7-14-6-3-4-8-16(14)17/h2-11,13H,1,12H2,(H2,22,23,24,25). The Bertz CT molecular complexity index is 1110. The molecule has 0 fully saturated rings. The fourth-order valence-electron chi connectivity index (χ4n) is 2.94. The van der Waals surface area contributed by atoms with E-state index in [0.29, 0.717) is 23.7 Å². The summed E-state index contributed by atoms with van der Waals surface area (Å²) in [6.07, 6.45) is 1.69. The van der Waals surface area contributed by atoms with Crippen LogP contribution >= 0.6 is 0 Å². The molecule has 5 nitrogen and oxygen atoms in total. The first kappa shape index (κ1) is 15.9. The number of carbonyl (C=O) groups is 1. The predicted molar refractivity (Wildman–Crippen MR) is 104 cm³/mol. The highest BCUT2D eigenvalue weighted by Crippen LogP contribution is 2.26. The van der Waals surface area contributed by atoms with E-state index in [-0.39, 0.29) is 5.91 Å². The molecule has 0 saturated heterocycles. The number of carbonyl (C=O) groups excluding carboxylic acids is 1. The Kier molecular flexibility index (Phi) is 4.11. The topological polar surface area (TPSA) is 67.0 Å². The zero-order valence-corrected chi connectivity index (χ0v) is 14.0. The van der Waals surface area contributed by atoms with Gasteiger partial charge in [-0.3, -0.25) is 9.89 Å². The van der Waals surface area contributed by atoms with Crippen molar-refractivity contribution in [2.75, 3.05) is 11.9 Å². The van der Waals surface area contributed by atoms with Crippen LogP contribution in [0.3, 0.4) is 0 Å². The molecule has 5 heteroatoms. The first-order valence-corrected chi connectivity index (χ1v) is 8.27. The highest BCUT2D eigenvalue weighted by atomic mass is 16.5. The Morgan fingerprint density at radius 3 is 2.85 bits per heavy atom. The summed E-state index contributed by atoms with van der Waals surface area (Å²) in [7, 11) is 0. The summed E-state index contributed by atoms with van der Waals surface area (Å²) in [5, 5.41) is 12.8. The van der Waals surface area contributed by atoms with Gasteiger partial charge in [0.05, 0.1) is 5.52 Å². The van der Waals surface area contributed by atoms with Gasteiger partial charge in [0.15, 0.2) is 5.82 Å². The van der Waals surface area contributed by atoms with Crippen LogP contribution in [0.25, 0.3) is 21.7 Å². The van der Waals surface area contributed by atoms with Crippen molar-refractivity contribution in [3.63, 3.8) is 0 Å². The van der Waals surface area contributed by atoms with Crippen LogP contribution < -0.4 is 10.1 Å². The van der Waals surface area contributed by atoms with E-state index in [1.807, 2.05) is 60.7 Å². The Balaban J connectivity index is 1.64. The molecule has 0 spiro atoms. The smallest absolute Gasteiger partial charge is 0.257 e. The van der Waals surface area contributed by atoms with Gasteiger partial charge in [-0.05, 0) is 29.0 Å². The number of aromatic nitrogens is 2. The molecule has 1 aromatic heterocycles. The van der Waals surface area contributed by atoms with Crippen LogP contribution in [-0.4, -0.2) is 22.7 Å². The van der Waals surface area contributed by atoms with Gasteiger partial charge in [0.1, 0.15) is 12.4 Å². The van der Waals surface area contributed by atoms with Crippen LogP contribution in [0.15, 0.2) is 73.3 Å². The zero-order chi connectivity index (χ0) is 17.9. The van der Waals surface area contributed by atoms with E-state index in [0.717, 1.165) is 21.7 Å². The monoisotopic (exact) mass is 343 g/mol. The summed E-state index contributed by atoms with van der Waals surface area (Å²) in [4.78, 5) is 12.8. The van der Waals surface area contributed by atoms with Crippen molar-refractivity contribution < 1.29 is 9.53 Å². The van der Waals surface area contributed by atoms with Crippen LogP contribution in [0.1, 0.15) is 10.4 Å². The Morgan fingerprint density at radius 2 is 1.96 bits per heavy atom. The quantitative estimate of drug-likeness (QED) is 0.523. The number of anilines is 1. The van der Waals surface area contributed by atoms with Crippen molar-refractivity contribution in [3.05, 3.63) is 78.9 Å². The maximum atomic E-state index is 12.8. The van der Waals surface area contributed by atoms with Crippen molar-refractivity contribution >= 4 is 33.4 Å². The van der Waals surface area contributed by atoms with Crippen molar-refractivity contribution in [2.45, 2.75) is 0 Å². The van der Waals surface area contributed by atoms with Gasteiger partial charge in [-0.2, -0.15) is 5.10 Å². The van der Waals surface area contributed by atoms with Crippen LogP contribution in [0, 0.1) is 0 Å². The molecule has 0 aliphatic carbocycles. The summed E-state index contributed by atoms with van der Waals surface area (Å²) in [6.45, 7) is 4.07. The van der Waals surface area contributed by atoms with E-state index >= 15 is 0 Å². The number of aromatic amines is 1. The van der Waals surface area contributed by atoms with Gasteiger partial charge in [-0.25, -0.2) is 0 Å². The molecule has 0 bridgehead atoms. The van der Waals surface area contributed by atoms with E-state index < -0.39 is 0 Å². The van der Waals surface area contributed by atoms with Crippen LogP contribution in [0.2, 0.25) is 0 Å². The number of hydrogen-bond acceptors (Lipinski definition) is 3. The molecular formula is C21H17N3O2. The molecule has 0 unspecified atom stereocenters. The second-order valence-corrected chi connectivity index (χ2v) is 5.86. The molecule has 2 N–H and O–H groups in total. The number of fused-ring (bicyclic) bond motifs is 2. The number of amides is 1. The molecule has 26 heavy (non-hydrogen) atoms. The average Bonchev–Trinajstić information content (AvgIpc) is 3.08. The van der Waals surface area contributed by atoms with Gasteiger partial charge in [0.25, 0.3) is 5.91 Å². The molecule has 128 valence electrons. The fraction of sp³-hybridized carbons (Fsp3) is 0.0476. The lowest BCUT2D eigenvalue weighted by atomic mass is 10.0. The maximum Gasteiger partial charge on any atom is 0.257 e. The Hall–Kier alpha value is -3.60. The lowest BCUT2D eigenvalue weighted by Crippen LogP contribution is -2.12. The first-order valence-electron chi connectivity index (χ1n) is 8.27. The number of hydrogen-bond donors (Lipinski definition) is 2. The van der Waals surface area contributed by atoms with Crippen molar-refractivity contribution in [1.82, 2.24) is 10.2 Å². The van der Waals surface area contributed by atoms with Gasteiger partial charge in [-0.1, -0.05) is 49.1 Å². The minimum absolute atomic E-state index is 0.192. The van der Waals surface area contributed by atoms with Crippen LogP contribution in [0.5, 0.6) is 5.75 Å². The molecule has 3 aromatic carbocycles. The van der Waals surface area contributed by atoms with E-state index in [1.165, 1.54) is 0 Å². The largest absolute Gasteiger partial charge is 0.489 e. The maximum absolute atomic E-state index is 12.8. The summed E-state index contributed by atoms with van der Waals surface area (Å²) >= 11 is 0. The molecule has 4 aromatic rings. The summed E-state index contributed by atoms with van der Waals surface area (Å²) < 4.78 is 5.52. The fourth-order valence-corrected chi connectivity index (χ4v) is 2.94. The Labute approximate surface area is 150 Å². The van der Waals surface area contributed by atoms with Crippen molar-refractivity contribution in [1.29, 1.82) is 0 Å². The molecule has 0 aliphatic rings. The number of ether oxygens (including phenoxy) is 1. The molecule has 1 amide bonds. The lowest BCUT2D eigenvalue weighted by molar-refractivity contribution is 0.102. The second-order valence-electron chi connectivity index (χ2n) is 5.86. The number of H-pyrrole nitrogens is 1. The van der Waals surface area contributed by atoms with Gasteiger partial charge in [0, 0.05) is 17.0 Å². The SMILES string of the molecule is C=CCOc1ccc2c(NC(=O)c3cccc4ccccc34)n[nH]c2c1. The third-order valence-corrected chi connectivity index (χ3v) is 4.17. The highest BCUT2D eigenvalue weighted by molar-refractivity contribution is 6.14. The van der Waals surface area contributed by atoms with Crippen LogP contribution in [0.4, 0.5) is 5.82 Å². The Morgan fingerprint density at radius 1 is 1.12 bits per heavy atom. The number of nitrogens with one attached hydrogen (secondary N) is 2. The summed E-state index contributed by atoms with van der Waals surface area (Å²) in [5.41, 5.74) is 1.41. The van der Waals surface area contributed by atoms with Gasteiger partial charge >= 0.3 is 0 Å².